The highest BCUT2D eigenvalue weighted by molar-refractivity contribution is 6.05. The van der Waals surface area contributed by atoms with Crippen LogP contribution in [-0.4, -0.2) is 46.7 Å². The summed E-state index contributed by atoms with van der Waals surface area (Å²) in [5.41, 5.74) is 2.57. The third kappa shape index (κ3) is 4.00. The highest BCUT2D eigenvalue weighted by Gasteiger charge is 2.61. The molecule has 1 aromatic carbocycles. The van der Waals surface area contributed by atoms with Gasteiger partial charge in [0.15, 0.2) is 0 Å². The van der Waals surface area contributed by atoms with Crippen molar-refractivity contribution in [2.45, 2.75) is 44.9 Å². The van der Waals surface area contributed by atoms with Crippen molar-refractivity contribution in [2.24, 2.45) is 24.3 Å². The lowest BCUT2D eigenvalue weighted by Gasteiger charge is -2.34. The molecule has 32 heavy (non-hydrogen) atoms. The Kier molecular flexibility index (Phi) is 5.43. The number of hydrogen-bond acceptors (Lipinski definition) is 4. The minimum Gasteiger partial charge on any atom is -0.497 e. The monoisotopic (exact) mass is 436 g/mol. The highest BCUT2D eigenvalue weighted by Crippen LogP contribution is 2.66. The van der Waals surface area contributed by atoms with Crippen LogP contribution in [-0.2, 0) is 18.3 Å². The number of aryl methyl sites for hydroxylation is 1. The smallest absolute Gasteiger partial charge is 0.259 e. The van der Waals surface area contributed by atoms with Crippen LogP contribution in [0.2, 0.25) is 0 Å². The first-order valence-corrected chi connectivity index (χ1v) is 11.7. The number of benzene rings is 1. The van der Waals surface area contributed by atoms with Gasteiger partial charge in [0.25, 0.3) is 5.91 Å². The predicted octanol–water partition coefficient (Wildman–Crippen LogP) is 3.65. The molecule has 1 aliphatic heterocycles. The molecule has 2 aliphatic carbocycles. The molecule has 7 heteroatoms. The number of anilines is 1. The number of methoxy groups -OCH3 is 1. The molecule has 0 bridgehead atoms. The molecule has 3 aliphatic rings. The normalized spacial score (nSPS) is 21.8. The van der Waals surface area contributed by atoms with Gasteiger partial charge in [0.1, 0.15) is 5.75 Å². The molecular weight excluding hydrogens is 404 g/mol. The molecule has 5 rings (SSSR count). The first-order valence-electron chi connectivity index (χ1n) is 11.7. The van der Waals surface area contributed by atoms with Gasteiger partial charge >= 0.3 is 0 Å². The van der Waals surface area contributed by atoms with Crippen LogP contribution in [0.4, 0.5) is 5.69 Å². The summed E-state index contributed by atoms with van der Waals surface area (Å²) in [6.45, 7) is 1.66. The number of rotatable bonds is 6. The Morgan fingerprint density at radius 1 is 1.19 bits per heavy atom. The number of carbonyl (C=O) groups excluding carboxylic acids is 2. The zero-order valence-electron chi connectivity index (χ0n) is 19.0. The Labute approximate surface area is 189 Å². The SMILES string of the molecule is COc1ccc(NC(=O)c2cn(C)nc2CC2CCN(C(=O)C3CC34CCC4)CC2)cc1. The van der Waals surface area contributed by atoms with Crippen LogP contribution in [0, 0.1) is 17.3 Å². The second kappa shape index (κ2) is 8.26. The van der Waals surface area contributed by atoms with E-state index >= 15 is 0 Å². The average Bonchev–Trinajstić information content (AvgIpc) is 3.45. The fourth-order valence-electron chi connectivity index (χ4n) is 5.48. The molecule has 1 unspecified atom stereocenters. The van der Waals surface area contributed by atoms with Crippen LogP contribution in [0.15, 0.2) is 30.5 Å². The van der Waals surface area contributed by atoms with Crippen molar-refractivity contribution in [2.75, 3.05) is 25.5 Å². The van der Waals surface area contributed by atoms with Gasteiger partial charge in [-0.25, -0.2) is 0 Å². The van der Waals surface area contributed by atoms with Gasteiger partial charge in [-0.1, -0.05) is 6.42 Å². The zero-order valence-corrected chi connectivity index (χ0v) is 19.0. The maximum Gasteiger partial charge on any atom is 0.259 e. The lowest BCUT2D eigenvalue weighted by atomic mass is 9.79. The van der Waals surface area contributed by atoms with Gasteiger partial charge in [-0.3, -0.25) is 14.3 Å². The summed E-state index contributed by atoms with van der Waals surface area (Å²) in [6, 6.07) is 7.30. The number of aromatic nitrogens is 2. The van der Waals surface area contributed by atoms with Crippen molar-refractivity contribution in [3.63, 3.8) is 0 Å². The summed E-state index contributed by atoms with van der Waals surface area (Å²) in [7, 11) is 3.47. The van der Waals surface area contributed by atoms with E-state index in [4.69, 9.17) is 4.74 Å². The van der Waals surface area contributed by atoms with E-state index in [0.29, 0.717) is 28.7 Å². The van der Waals surface area contributed by atoms with Crippen LogP contribution >= 0.6 is 0 Å². The Balaban J connectivity index is 1.17. The molecule has 1 atom stereocenters. The molecular formula is C25H32N4O3. The summed E-state index contributed by atoms with van der Waals surface area (Å²) in [4.78, 5) is 27.8. The van der Waals surface area contributed by atoms with Crippen molar-refractivity contribution in [1.29, 1.82) is 0 Å². The van der Waals surface area contributed by atoms with E-state index in [1.165, 1.54) is 19.3 Å². The summed E-state index contributed by atoms with van der Waals surface area (Å²) < 4.78 is 6.88. The standard InChI is InChI=1S/C25H32N4O3/c1-28-16-20(23(30)26-18-4-6-19(32-2)7-5-18)22(27-28)14-17-8-12-29(13-9-17)24(31)21-15-25(21)10-3-11-25/h4-7,16-17,21H,3,8-15H2,1-2H3,(H,26,30). The van der Waals surface area contributed by atoms with Crippen LogP contribution in [0.1, 0.15) is 54.6 Å². The van der Waals surface area contributed by atoms with Gasteiger partial charge in [0.2, 0.25) is 5.91 Å². The first-order chi connectivity index (χ1) is 15.5. The number of carbonyl (C=O) groups is 2. The van der Waals surface area contributed by atoms with Gasteiger partial charge < -0.3 is 15.0 Å². The number of nitrogens with zero attached hydrogens (tertiary/aromatic N) is 3. The van der Waals surface area contributed by atoms with Crippen LogP contribution in [0.25, 0.3) is 0 Å². The molecule has 3 fully saturated rings. The molecule has 170 valence electrons. The average molecular weight is 437 g/mol. The summed E-state index contributed by atoms with van der Waals surface area (Å²) in [6.07, 6.45) is 9.42. The van der Waals surface area contributed by atoms with E-state index in [2.05, 4.69) is 15.3 Å². The van der Waals surface area contributed by atoms with E-state index < -0.39 is 0 Å². The van der Waals surface area contributed by atoms with Gasteiger partial charge in [0, 0.05) is 37.9 Å². The molecule has 2 saturated carbocycles. The summed E-state index contributed by atoms with van der Waals surface area (Å²) in [5.74, 6) is 1.74. The van der Waals surface area contributed by atoms with E-state index in [1.54, 1.807) is 18.0 Å². The van der Waals surface area contributed by atoms with E-state index in [-0.39, 0.29) is 5.91 Å². The lowest BCUT2D eigenvalue weighted by molar-refractivity contribution is -0.135. The minimum absolute atomic E-state index is 0.148. The topological polar surface area (TPSA) is 76.5 Å². The minimum atomic E-state index is -0.148. The van der Waals surface area contributed by atoms with Crippen molar-refractivity contribution in [1.82, 2.24) is 14.7 Å². The highest BCUT2D eigenvalue weighted by atomic mass is 16.5. The summed E-state index contributed by atoms with van der Waals surface area (Å²) in [5, 5.41) is 7.54. The maximum atomic E-state index is 12.9. The third-order valence-electron chi connectivity index (χ3n) is 7.74. The molecule has 1 spiro atoms. The van der Waals surface area contributed by atoms with Crippen molar-refractivity contribution in [3.8, 4) is 5.75 Å². The number of hydrogen-bond donors (Lipinski definition) is 1. The van der Waals surface area contributed by atoms with Crippen molar-refractivity contribution >= 4 is 17.5 Å². The number of piperidine rings is 1. The first kappa shape index (κ1) is 21.0. The van der Waals surface area contributed by atoms with Gasteiger partial charge in [-0.2, -0.15) is 5.10 Å². The van der Waals surface area contributed by atoms with E-state index in [0.717, 1.165) is 55.9 Å². The van der Waals surface area contributed by atoms with E-state index in [9.17, 15) is 9.59 Å². The molecule has 1 saturated heterocycles. The summed E-state index contributed by atoms with van der Waals surface area (Å²) >= 11 is 0. The number of amides is 2. The predicted molar refractivity (Wildman–Crippen MR) is 122 cm³/mol. The van der Waals surface area contributed by atoms with Crippen LogP contribution in [0.5, 0.6) is 5.75 Å². The van der Waals surface area contributed by atoms with E-state index in [1.807, 2.05) is 31.3 Å². The fraction of sp³-hybridized carbons (Fsp3) is 0.560. The second-order valence-corrected chi connectivity index (χ2v) is 9.79. The zero-order chi connectivity index (χ0) is 22.3. The van der Waals surface area contributed by atoms with Crippen LogP contribution < -0.4 is 10.1 Å². The third-order valence-corrected chi connectivity index (χ3v) is 7.74. The number of likely N-dealkylation sites (tertiary alicyclic amines) is 1. The van der Waals surface area contributed by atoms with Gasteiger partial charge in [-0.15, -0.1) is 0 Å². The number of ether oxygens (including phenoxy) is 1. The fourth-order valence-corrected chi connectivity index (χ4v) is 5.48. The Bertz CT molecular complexity index is 1000. The van der Waals surface area contributed by atoms with Crippen molar-refractivity contribution < 1.29 is 14.3 Å². The maximum absolute atomic E-state index is 12.9. The molecule has 0 radical (unpaired) electrons. The van der Waals surface area contributed by atoms with Gasteiger partial charge in [-0.05, 0) is 74.1 Å². The molecule has 1 N–H and O–H groups in total. The largest absolute Gasteiger partial charge is 0.497 e. The second-order valence-electron chi connectivity index (χ2n) is 9.79. The Hall–Kier alpha value is -2.83. The van der Waals surface area contributed by atoms with Gasteiger partial charge in [0.05, 0.1) is 18.4 Å². The Morgan fingerprint density at radius 3 is 2.50 bits per heavy atom. The molecule has 7 nitrogen and oxygen atoms in total. The molecule has 2 aromatic rings. The molecule has 1 aromatic heterocycles. The molecule has 2 heterocycles. The number of nitrogens with one attached hydrogen (secondary N) is 1. The Morgan fingerprint density at radius 2 is 1.91 bits per heavy atom. The van der Waals surface area contributed by atoms with Crippen molar-refractivity contribution in [3.05, 3.63) is 41.7 Å². The lowest BCUT2D eigenvalue weighted by Crippen LogP contribution is -2.41. The molecule has 2 amide bonds. The van der Waals surface area contributed by atoms with Crippen LogP contribution in [0.3, 0.4) is 0 Å². The quantitative estimate of drug-likeness (QED) is 0.750.